The molecule has 1 saturated heterocycles. The summed E-state index contributed by atoms with van der Waals surface area (Å²) in [7, 11) is -16.3. The molecule has 328 valence electrons. The lowest BCUT2D eigenvalue weighted by Crippen LogP contribution is -2.46. The Morgan fingerprint density at radius 3 is 2.21 bits per heavy atom. The number of aliphatic carboxylic acids is 2. The van der Waals surface area contributed by atoms with Crippen LogP contribution in [0.2, 0.25) is 0 Å². The number of hydrogen-bond acceptors (Lipinski definition) is 20. The molecule has 2 unspecified atom stereocenters. The molecule has 1 aliphatic heterocycles. The van der Waals surface area contributed by atoms with E-state index in [9.17, 15) is 67.5 Å². The number of carbonyl (C=O) groups is 5. The van der Waals surface area contributed by atoms with Crippen LogP contribution in [0.5, 0.6) is 0 Å². The number of nitrogens with one attached hydrogen (secondary N) is 2. The first kappa shape index (κ1) is 50.6. The molecule has 0 bridgehead atoms. The summed E-state index contributed by atoms with van der Waals surface area (Å²) in [6.45, 7) is 0.723. The van der Waals surface area contributed by atoms with Gasteiger partial charge in [-0.15, -0.1) is 0 Å². The Morgan fingerprint density at radius 1 is 0.983 bits per heavy atom. The maximum Gasteiger partial charge on any atom is 0.481 e. The topological polar surface area (TPSA) is 438 Å². The van der Waals surface area contributed by atoms with Gasteiger partial charge in [0, 0.05) is 37.1 Å². The molecule has 0 saturated carbocycles. The van der Waals surface area contributed by atoms with Gasteiger partial charge in [-0.05, 0) is 0 Å². The van der Waals surface area contributed by atoms with E-state index in [-0.39, 0.29) is 35.9 Å². The number of ether oxygens (including phenoxy) is 1. The van der Waals surface area contributed by atoms with Crippen molar-refractivity contribution in [2.24, 2.45) is 5.41 Å². The number of aliphatic hydroxyl groups is 2. The number of aliphatic hydroxyl groups excluding tert-OH is 2. The van der Waals surface area contributed by atoms with E-state index in [1.165, 1.54) is 13.8 Å². The normalized spacial score (nSPS) is 20.8. The summed E-state index contributed by atoms with van der Waals surface area (Å²) in [5, 5.41) is 42.0. The van der Waals surface area contributed by atoms with Crippen molar-refractivity contribution in [3.63, 3.8) is 0 Å². The van der Waals surface area contributed by atoms with Crippen molar-refractivity contribution in [1.29, 1.82) is 0 Å². The quantitative estimate of drug-likeness (QED) is 0.0340. The number of aromatic nitrogens is 4. The summed E-state index contributed by atoms with van der Waals surface area (Å²) in [6.07, 6.45) is -7.60. The maximum atomic E-state index is 12.6. The number of nitrogen functional groups attached to an aromatic ring is 1. The van der Waals surface area contributed by atoms with Crippen molar-refractivity contribution in [3.05, 3.63) is 12.7 Å². The van der Waals surface area contributed by atoms with Crippen LogP contribution >= 0.6 is 36.1 Å². The van der Waals surface area contributed by atoms with Crippen LogP contribution in [0, 0.1) is 5.41 Å². The van der Waals surface area contributed by atoms with Gasteiger partial charge in [-0.3, -0.25) is 37.3 Å². The van der Waals surface area contributed by atoms with Gasteiger partial charge < -0.3 is 61.1 Å². The molecule has 28 nitrogen and oxygen atoms in total. The van der Waals surface area contributed by atoms with E-state index in [4.69, 9.17) is 29.7 Å². The smallest absolute Gasteiger partial charge is 0.481 e. The van der Waals surface area contributed by atoms with Crippen molar-refractivity contribution in [3.8, 4) is 0 Å². The lowest BCUT2D eigenvalue weighted by Gasteiger charge is -2.30. The summed E-state index contributed by atoms with van der Waals surface area (Å²) in [6, 6.07) is 0. The van der Waals surface area contributed by atoms with Crippen molar-refractivity contribution >= 4 is 82.6 Å². The van der Waals surface area contributed by atoms with Crippen molar-refractivity contribution < 1.29 is 100 Å². The van der Waals surface area contributed by atoms with E-state index in [0.717, 1.165) is 17.2 Å². The highest BCUT2D eigenvalue weighted by atomic mass is 32.1. The maximum absolute atomic E-state index is 12.6. The van der Waals surface area contributed by atoms with Crippen LogP contribution in [0.4, 0.5) is 5.82 Å². The number of hydrogen-bond donors (Lipinski definition) is 12. The molecule has 3 rings (SSSR count). The number of imidazole rings is 1. The largest absolute Gasteiger partial charge is 0.481 e. The van der Waals surface area contributed by atoms with E-state index in [1.807, 2.05) is 0 Å². The Bertz CT molecular complexity index is 1930. The van der Waals surface area contributed by atoms with Crippen molar-refractivity contribution in [2.45, 2.75) is 63.8 Å². The Kier molecular flexibility index (Phi) is 18.9. The first-order valence-electron chi connectivity index (χ1n) is 16.2. The Hall–Kier alpha value is -3.50. The number of phosphoric acid groups is 3. The van der Waals surface area contributed by atoms with Crippen LogP contribution in [0.25, 0.3) is 11.2 Å². The van der Waals surface area contributed by atoms with Crippen LogP contribution in [0.15, 0.2) is 12.7 Å². The molecule has 2 aromatic heterocycles. The standard InChI is InChI=1S/C21H36N7O16P3S.C5H6O5/c1-21(2,16(31)19(32)24-4-3-12(29)23-5-6-48)8-41-47(38,39)44-46(36,37)40-7-11-15(43-45(33,34)35)14(30)20(42-11)28-10-27-13-17(22)25-9-26-18(13)28;6-3(5(9)10)1-2-4(7)8/h9-11,14-16,20,30-31,48H,3-8H2,1-2H3,(H,23,29)(H,24,32)(H,36,37)(H,38,39)(H2,22,25,26)(H2,33,34,35);1-2H2,(H,7,8)(H,9,10)/t11-,14-,15-,16+,20-;/m1./s1. The van der Waals surface area contributed by atoms with Gasteiger partial charge in [0.25, 0.3) is 0 Å². The number of amides is 2. The lowest BCUT2D eigenvalue weighted by molar-refractivity contribution is -0.149. The van der Waals surface area contributed by atoms with Gasteiger partial charge in [0.1, 0.15) is 36.3 Å². The Morgan fingerprint density at radius 2 is 1.62 bits per heavy atom. The van der Waals surface area contributed by atoms with Crippen LogP contribution < -0.4 is 16.4 Å². The summed E-state index contributed by atoms with van der Waals surface area (Å²) in [5.41, 5.74) is 4.30. The molecule has 2 aromatic rings. The second-order valence-electron chi connectivity index (χ2n) is 12.4. The van der Waals surface area contributed by atoms with Crippen LogP contribution in [0.1, 0.15) is 39.3 Å². The monoisotopic (exact) mass is 913 g/mol. The number of rotatable bonds is 22. The predicted molar refractivity (Wildman–Crippen MR) is 193 cm³/mol. The number of carboxylic acids is 2. The third-order valence-corrected chi connectivity index (χ3v) is 10.6. The minimum Gasteiger partial charge on any atom is -0.481 e. The lowest BCUT2D eigenvalue weighted by atomic mass is 9.87. The van der Waals surface area contributed by atoms with E-state index in [1.54, 1.807) is 0 Å². The minimum absolute atomic E-state index is 0.0363. The number of carbonyl (C=O) groups excluding carboxylic acids is 3. The molecule has 0 aliphatic carbocycles. The number of carboxylic acid groups (broad SMARTS) is 2. The predicted octanol–water partition coefficient (Wildman–Crippen LogP) is -2.16. The van der Waals surface area contributed by atoms with Crippen molar-refractivity contribution in [1.82, 2.24) is 30.2 Å². The first-order chi connectivity index (χ1) is 26.7. The Balaban J connectivity index is 0.00000102. The second kappa shape index (κ2) is 21.7. The fourth-order valence-corrected chi connectivity index (χ4v) is 7.40. The zero-order chi connectivity index (χ0) is 44.2. The third-order valence-electron chi connectivity index (χ3n) is 7.32. The summed E-state index contributed by atoms with van der Waals surface area (Å²) >= 11 is 3.95. The van der Waals surface area contributed by atoms with Gasteiger partial charge in [-0.25, -0.2) is 33.4 Å². The summed E-state index contributed by atoms with van der Waals surface area (Å²) < 4.78 is 61.7. The molecule has 3 heterocycles. The highest BCUT2D eigenvalue weighted by Crippen LogP contribution is 2.61. The molecule has 7 atom stereocenters. The van der Waals surface area contributed by atoms with Crippen LogP contribution in [0.3, 0.4) is 0 Å². The number of anilines is 1. The zero-order valence-corrected chi connectivity index (χ0v) is 33.8. The number of ketones is 1. The fraction of sp³-hybridized carbons (Fsp3) is 0.615. The van der Waals surface area contributed by atoms with E-state index in [2.05, 4.69) is 47.0 Å². The first-order valence-corrected chi connectivity index (χ1v) is 21.3. The average molecular weight is 914 g/mol. The fourth-order valence-electron chi connectivity index (χ4n) is 4.46. The van der Waals surface area contributed by atoms with Gasteiger partial charge in [0.2, 0.25) is 17.6 Å². The molecule has 1 aliphatic rings. The van der Waals surface area contributed by atoms with Gasteiger partial charge in [-0.1, -0.05) is 13.8 Å². The number of Topliss-reactive ketones (excluding diaryl/α,β-unsaturated/α-hetero) is 1. The zero-order valence-electron chi connectivity index (χ0n) is 30.2. The highest BCUT2D eigenvalue weighted by Gasteiger charge is 2.50. The SMILES string of the molecule is CC(C)(COP(=O)(O)OP(=O)(O)OC[C@H]1O[C@@H](n2cnc3c(N)ncnc32)[C@H](O)[C@@H]1OP(=O)(O)O)[C@@H](O)C(=O)NCCC(=O)NCCS.O=C(O)CCC(=O)C(=O)O. The third kappa shape index (κ3) is 16.3. The summed E-state index contributed by atoms with van der Waals surface area (Å²) in [4.78, 5) is 104. The molecular formula is C26H42N7O21P3S. The van der Waals surface area contributed by atoms with Crippen LogP contribution in [-0.4, -0.2) is 146 Å². The van der Waals surface area contributed by atoms with Gasteiger partial charge in [0.15, 0.2) is 17.7 Å². The molecule has 2 amide bonds. The number of phosphoric ester groups is 3. The molecular weight excluding hydrogens is 871 g/mol. The number of fused-ring (bicyclic) bond motifs is 1. The van der Waals surface area contributed by atoms with Gasteiger partial charge >= 0.3 is 35.4 Å². The number of thiol groups is 1. The second-order valence-corrected chi connectivity index (χ2v) is 17.1. The molecule has 0 radical (unpaired) electrons. The highest BCUT2D eigenvalue weighted by molar-refractivity contribution is 7.80. The molecule has 1 fully saturated rings. The van der Waals surface area contributed by atoms with E-state index < -0.39 is 109 Å². The molecule has 0 aromatic carbocycles. The molecule has 12 N–H and O–H groups in total. The van der Waals surface area contributed by atoms with Crippen LogP contribution in [-0.2, 0) is 60.3 Å². The van der Waals surface area contributed by atoms with Gasteiger partial charge in [-0.2, -0.15) is 16.9 Å². The van der Waals surface area contributed by atoms with E-state index >= 15 is 0 Å². The molecule has 58 heavy (non-hydrogen) atoms. The number of nitrogens with two attached hydrogens (primary N) is 1. The molecule has 0 spiro atoms. The van der Waals surface area contributed by atoms with Gasteiger partial charge in [0.05, 0.1) is 26.0 Å². The Labute approximate surface area is 332 Å². The minimum atomic E-state index is -5.54. The van der Waals surface area contributed by atoms with E-state index in [0.29, 0.717) is 12.3 Å². The average Bonchev–Trinajstić information content (AvgIpc) is 3.67. The van der Waals surface area contributed by atoms with Crippen molar-refractivity contribution in [2.75, 3.05) is 37.8 Å². The summed E-state index contributed by atoms with van der Waals surface area (Å²) in [5.74, 6) is -4.76. The molecule has 32 heteroatoms. The number of nitrogens with zero attached hydrogens (tertiary/aromatic N) is 4.